The Bertz CT molecular complexity index is 988. The van der Waals surface area contributed by atoms with Crippen LogP contribution in [0.4, 0.5) is 10.1 Å². The van der Waals surface area contributed by atoms with Gasteiger partial charge < -0.3 is 11.2 Å². The van der Waals surface area contributed by atoms with Gasteiger partial charge in [0.1, 0.15) is 5.82 Å². The van der Waals surface area contributed by atoms with Crippen molar-refractivity contribution in [3.8, 4) is 0 Å². The number of nitrogens with one attached hydrogen (secondary N) is 1. The molecule has 3 rings (SSSR count). The summed E-state index contributed by atoms with van der Waals surface area (Å²) in [5, 5.41) is 11.4. The van der Waals surface area contributed by atoms with Gasteiger partial charge in [0.05, 0.1) is 5.75 Å². The Morgan fingerprint density at radius 2 is 1.93 bits per heavy atom. The first-order valence-corrected chi connectivity index (χ1v) is 9.92. The fourth-order valence-corrected chi connectivity index (χ4v) is 3.52. The van der Waals surface area contributed by atoms with Crippen LogP contribution in [0.25, 0.3) is 0 Å². The fraction of sp³-hybridized carbons (Fsp3) is 0.250. The number of aromatic nitrogens is 3. The first kappa shape index (κ1) is 19.9. The quantitative estimate of drug-likeness (QED) is 0.470. The summed E-state index contributed by atoms with van der Waals surface area (Å²) in [6.07, 6.45) is 1.06. The minimum atomic E-state index is -0.316. The number of para-hydroxylation sites is 1. The van der Waals surface area contributed by atoms with Crippen LogP contribution < -0.4 is 11.2 Å². The monoisotopic (exact) mass is 399 g/mol. The number of nitrogen functional groups attached to an aromatic ring is 1. The molecule has 0 saturated heterocycles. The highest BCUT2D eigenvalue weighted by Crippen LogP contribution is 2.22. The van der Waals surface area contributed by atoms with Crippen molar-refractivity contribution in [1.29, 1.82) is 0 Å². The Morgan fingerprint density at radius 1 is 1.18 bits per heavy atom. The van der Waals surface area contributed by atoms with Gasteiger partial charge in [-0.15, -0.1) is 10.2 Å². The van der Waals surface area contributed by atoms with Crippen LogP contribution in [0.15, 0.2) is 47.6 Å². The molecule has 3 aromatic rings. The lowest BCUT2D eigenvalue weighted by Gasteiger charge is -2.12. The van der Waals surface area contributed by atoms with E-state index in [-0.39, 0.29) is 23.9 Å². The van der Waals surface area contributed by atoms with Gasteiger partial charge in [0.25, 0.3) is 0 Å². The molecular weight excluding hydrogens is 377 g/mol. The van der Waals surface area contributed by atoms with Gasteiger partial charge in [-0.25, -0.2) is 9.07 Å². The molecule has 0 aliphatic carbocycles. The molecular formula is C20H22FN5OS. The maximum atomic E-state index is 13.8. The number of aryl methyl sites for hydroxylation is 2. The smallest absolute Gasteiger partial charge is 0.234 e. The molecule has 0 spiro atoms. The lowest BCUT2D eigenvalue weighted by molar-refractivity contribution is -0.113. The molecule has 28 heavy (non-hydrogen) atoms. The number of thioether (sulfide) groups is 1. The third-order valence-corrected chi connectivity index (χ3v) is 5.32. The Balaban J connectivity index is 1.63. The molecule has 0 aliphatic rings. The van der Waals surface area contributed by atoms with E-state index in [1.807, 2.05) is 32.0 Å². The summed E-state index contributed by atoms with van der Waals surface area (Å²) in [4.78, 5) is 12.4. The first-order chi connectivity index (χ1) is 13.5. The zero-order valence-electron chi connectivity index (χ0n) is 15.8. The highest BCUT2D eigenvalue weighted by atomic mass is 32.2. The number of nitrogens with zero attached hydrogens (tertiary/aromatic N) is 3. The molecule has 2 aromatic carbocycles. The topological polar surface area (TPSA) is 85.8 Å². The van der Waals surface area contributed by atoms with Crippen molar-refractivity contribution in [1.82, 2.24) is 14.9 Å². The Labute approximate surface area is 167 Å². The van der Waals surface area contributed by atoms with Crippen molar-refractivity contribution in [2.45, 2.75) is 31.8 Å². The zero-order chi connectivity index (χ0) is 20.1. The lowest BCUT2D eigenvalue weighted by atomic mass is 10.1. The summed E-state index contributed by atoms with van der Waals surface area (Å²) in [6.45, 7) is 4.01. The number of rotatable bonds is 7. The first-order valence-electron chi connectivity index (χ1n) is 8.93. The summed E-state index contributed by atoms with van der Waals surface area (Å²) in [5.41, 5.74) is 3.45. The largest absolute Gasteiger partial charge is 0.336 e. The zero-order valence-corrected chi connectivity index (χ0v) is 16.6. The van der Waals surface area contributed by atoms with E-state index in [1.54, 1.807) is 18.2 Å². The van der Waals surface area contributed by atoms with Crippen LogP contribution in [-0.4, -0.2) is 26.5 Å². The van der Waals surface area contributed by atoms with Gasteiger partial charge in [0, 0.05) is 12.1 Å². The molecule has 6 nitrogen and oxygen atoms in total. The molecule has 0 unspecified atom stereocenters. The van der Waals surface area contributed by atoms with Gasteiger partial charge in [-0.05, 0) is 36.1 Å². The van der Waals surface area contributed by atoms with Gasteiger partial charge in [0.15, 0.2) is 5.82 Å². The Kier molecular flexibility index (Phi) is 6.30. The van der Waals surface area contributed by atoms with Crippen molar-refractivity contribution in [3.63, 3.8) is 0 Å². The van der Waals surface area contributed by atoms with Gasteiger partial charge >= 0.3 is 0 Å². The molecule has 1 amide bonds. The molecule has 1 heterocycles. The summed E-state index contributed by atoms with van der Waals surface area (Å²) < 4.78 is 15.1. The van der Waals surface area contributed by atoms with E-state index < -0.39 is 0 Å². The van der Waals surface area contributed by atoms with Crippen LogP contribution in [0.2, 0.25) is 0 Å². The number of anilines is 1. The second-order valence-corrected chi connectivity index (χ2v) is 7.28. The molecule has 0 aliphatic heterocycles. The number of benzene rings is 2. The normalized spacial score (nSPS) is 10.8. The van der Waals surface area contributed by atoms with E-state index in [9.17, 15) is 9.18 Å². The predicted molar refractivity (Wildman–Crippen MR) is 109 cm³/mol. The molecule has 0 radical (unpaired) electrons. The maximum absolute atomic E-state index is 13.8. The summed E-state index contributed by atoms with van der Waals surface area (Å²) in [6, 6.07) is 12.4. The molecule has 1 aromatic heterocycles. The molecule has 8 heteroatoms. The minimum absolute atomic E-state index is 0.145. The van der Waals surface area contributed by atoms with Crippen LogP contribution in [0.5, 0.6) is 0 Å². The number of nitrogens with two attached hydrogens (primary N) is 1. The Hall–Kier alpha value is -2.87. The van der Waals surface area contributed by atoms with Crippen LogP contribution in [0.1, 0.15) is 29.4 Å². The molecule has 3 N–H and O–H groups in total. The van der Waals surface area contributed by atoms with Gasteiger partial charge in [0.2, 0.25) is 11.1 Å². The second kappa shape index (κ2) is 8.88. The second-order valence-electron chi connectivity index (χ2n) is 6.34. The van der Waals surface area contributed by atoms with E-state index in [2.05, 4.69) is 15.5 Å². The van der Waals surface area contributed by atoms with Gasteiger partial charge in [-0.2, -0.15) is 0 Å². The average molecular weight is 399 g/mol. The highest BCUT2D eigenvalue weighted by molar-refractivity contribution is 7.99. The summed E-state index contributed by atoms with van der Waals surface area (Å²) >= 11 is 1.19. The van der Waals surface area contributed by atoms with Gasteiger partial charge in [-0.1, -0.05) is 55.1 Å². The van der Waals surface area contributed by atoms with E-state index in [4.69, 9.17) is 5.84 Å². The molecule has 0 bridgehead atoms. The third-order valence-electron chi connectivity index (χ3n) is 4.38. The van der Waals surface area contributed by atoms with Crippen LogP contribution in [0, 0.1) is 12.7 Å². The fourth-order valence-electron chi connectivity index (χ4n) is 2.85. The van der Waals surface area contributed by atoms with Crippen molar-refractivity contribution in [3.05, 3.63) is 70.8 Å². The van der Waals surface area contributed by atoms with Gasteiger partial charge in [-0.3, -0.25) is 4.79 Å². The summed E-state index contributed by atoms with van der Waals surface area (Å²) in [7, 11) is 0. The predicted octanol–water partition coefficient (Wildman–Crippen LogP) is 3.32. The number of hydrogen-bond donors (Lipinski definition) is 2. The number of carbonyl (C=O) groups is 1. The number of halogens is 1. The minimum Gasteiger partial charge on any atom is -0.336 e. The van der Waals surface area contributed by atoms with Crippen molar-refractivity contribution >= 4 is 23.4 Å². The summed E-state index contributed by atoms with van der Waals surface area (Å²) in [5.74, 6) is 6.14. The number of carbonyl (C=O) groups excluding carboxylic acids is 1. The Morgan fingerprint density at radius 3 is 2.68 bits per heavy atom. The molecule has 146 valence electrons. The maximum Gasteiger partial charge on any atom is 0.234 e. The third kappa shape index (κ3) is 4.51. The van der Waals surface area contributed by atoms with E-state index in [0.29, 0.717) is 16.5 Å². The SMILES string of the molecule is CCc1cccc(C)c1NC(=O)CSc1nnc(Cc2ccccc2F)n1N. The molecule has 0 atom stereocenters. The lowest BCUT2D eigenvalue weighted by Crippen LogP contribution is -2.18. The van der Waals surface area contributed by atoms with Crippen molar-refractivity contribution in [2.24, 2.45) is 0 Å². The van der Waals surface area contributed by atoms with E-state index in [1.165, 1.54) is 22.5 Å². The molecule has 0 fully saturated rings. The van der Waals surface area contributed by atoms with Crippen LogP contribution in [-0.2, 0) is 17.6 Å². The van der Waals surface area contributed by atoms with Crippen LogP contribution >= 0.6 is 11.8 Å². The van der Waals surface area contributed by atoms with E-state index in [0.717, 1.165) is 23.2 Å². The number of amides is 1. The molecule has 0 saturated carbocycles. The van der Waals surface area contributed by atoms with Crippen molar-refractivity contribution in [2.75, 3.05) is 16.9 Å². The van der Waals surface area contributed by atoms with Crippen molar-refractivity contribution < 1.29 is 9.18 Å². The number of hydrogen-bond acceptors (Lipinski definition) is 5. The average Bonchev–Trinajstić information content (AvgIpc) is 3.03. The van der Waals surface area contributed by atoms with E-state index >= 15 is 0 Å². The standard InChI is InChI=1S/C20H22FN5OS/c1-3-14-9-6-7-13(2)19(14)23-18(27)12-28-20-25-24-17(26(20)22)11-15-8-4-5-10-16(15)21/h4-10H,3,11-12,22H2,1-2H3,(H,23,27). The highest BCUT2D eigenvalue weighted by Gasteiger charge is 2.15. The van der Waals surface area contributed by atoms with Crippen LogP contribution in [0.3, 0.4) is 0 Å².